The summed E-state index contributed by atoms with van der Waals surface area (Å²) in [4.78, 5) is 27.3. The van der Waals surface area contributed by atoms with E-state index in [0.717, 1.165) is 11.6 Å². The van der Waals surface area contributed by atoms with Crippen LogP contribution in [0.15, 0.2) is 0 Å². The molecule has 2 saturated heterocycles. The molecule has 110 valence electrons. The zero-order chi connectivity index (χ0) is 13.0. The van der Waals surface area contributed by atoms with Crippen LogP contribution in [0.3, 0.4) is 0 Å². The van der Waals surface area contributed by atoms with E-state index in [1.54, 1.807) is 16.7 Å². The number of amides is 2. The molecule has 0 aromatic carbocycles. The van der Waals surface area contributed by atoms with Gasteiger partial charge in [-0.1, -0.05) is 0 Å². The first-order chi connectivity index (χ1) is 8.72. The zero-order valence-corrected chi connectivity index (χ0v) is 12.6. The van der Waals surface area contributed by atoms with Crippen molar-refractivity contribution in [1.29, 1.82) is 0 Å². The number of methoxy groups -OCH3 is 1. The van der Waals surface area contributed by atoms with E-state index in [2.05, 4.69) is 5.32 Å². The summed E-state index contributed by atoms with van der Waals surface area (Å²) in [6.45, 7) is 2.57. The van der Waals surface area contributed by atoms with Crippen molar-refractivity contribution in [3.8, 4) is 0 Å². The molecule has 0 bridgehead atoms. The lowest BCUT2D eigenvalue weighted by Crippen LogP contribution is -2.55. The molecule has 2 fully saturated rings. The first-order valence-corrected chi connectivity index (χ1v) is 7.24. The molecule has 0 aromatic rings. The molecule has 0 spiro atoms. The second-order valence-electron chi connectivity index (χ2n) is 4.41. The molecule has 0 saturated carbocycles. The smallest absolute Gasteiger partial charge is 0.248 e. The Morgan fingerprint density at radius 1 is 1.26 bits per heavy atom. The van der Waals surface area contributed by atoms with Crippen molar-refractivity contribution in [1.82, 2.24) is 15.1 Å². The van der Waals surface area contributed by atoms with Crippen LogP contribution in [0.25, 0.3) is 0 Å². The summed E-state index contributed by atoms with van der Waals surface area (Å²) in [7, 11) is 1.51. The van der Waals surface area contributed by atoms with Crippen molar-refractivity contribution in [2.75, 3.05) is 51.5 Å². The summed E-state index contributed by atoms with van der Waals surface area (Å²) in [6, 6.07) is -0.0452. The number of ether oxygens (including phenoxy) is 1. The lowest BCUT2D eigenvalue weighted by molar-refractivity contribution is -0.142. The minimum Gasteiger partial charge on any atom is -0.375 e. The van der Waals surface area contributed by atoms with Crippen LogP contribution in [-0.4, -0.2) is 79.2 Å². The molecule has 0 radical (unpaired) electrons. The molecular weight excluding hydrogens is 290 g/mol. The van der Waals surface area contributed by atoms with Gasteiger partial charge in [0.15, 0.2) is 0 Å². The molecule has 19 heavy (non-hydrogen) atoms. The van der Waals surface area contributed by atoms with Crippen LogP contribution in [0.5, 0.6) is 0 Å². The summed E-state index contributed by atoms with van der Waals surface area (Å²) in [5, 5.41) is 3.18. The molecule has 2 aliphatic rings. The van der Waals surface area contributed by atoms with Crippen LogP contribution in [0, 0.1) is 0 Å². The van der Waals surface area contributed by atoms with Gasteiger partial charge in [0.25, 0.3) is 0 Å². The van der Waals surface area contributed by atoms with Gasteiger partial charge in [-0.05, 0) is 0 Å². The highest BCUT2D eigenvalue weighted by molar-refractivity contribution is 7.99. The van der Waals surface area contributed by atoms with Crippen molar-refractivity contribution in [2.45, 2.75) is 6.04 Å². The van der Waals surface area contributed by atoms with Gasteiger partial charge >= 0.3 is 0 Å². The number of carbonyl (C=O) groups excluding carboxylic acids is 2. The molecule has 1 atom stereocenters. The van der Waals surface area contributed by atoms with Crippen molar-refractivity contribution in [3.05, 3.63) is 0 Å². The average molecular weight is 310 g/mol. The van der Waals surface area contributed by atoms with Gasteiger partial charge in [-0.3, -0.25) is 14.9 Å². The van der Waals surface area contributed by atoms with Gasteiger partial charge in [0.05, 0.1) is 6.04 Å². The van der Waals surface area contributed by atoms with Gasteiger partial charge in [0.1, 0.15) is 6.61 Å². The van der Waals surface area contributed by atoms with E-state index in [1.807, 2.05) is 4.90 Å². The number of hydrogen-bond acceptors (Lipinski definition) is 5. The number of nitrogens with zero attached hydrogens (tertiary/aromatic N) is 2. The molecule has 2 amide bonds. The molecule has 8 heteroatoms. The van der Waals surface area contributed by atoms with Crippen LogP contribution in [-0.2, 0) is 14.3 Å². The predicted molar refractivity (Wildman–Crippen MR) is 76.5 cm³/mol. The van der Waals surface area contributed by atoms with Crippen LogP contribution >= 0.6 is 24.2 Å². The fourth-order valence-electron chi connectivity index (χ4n) is 2.17. The highest BCUT2D eigenvalue weighted by Gasteiger charge is 2.30. The van der Waals surface area contributed by atoms with Crippen LogP contribution in [0.1, 0.15) is 0 Å². The fourth-order valence-corrected chi connectivity index (χ4v) is 3.10. The van der Waals surface area contributed by atoms with Gasteiger partial charge < -0.3 is 14.5 Å². The Morgan fingerprint density at radius 2 is 1.89 bits per heavy atom. The Labute approximate surface area is 123 Å². The zero-order valence-electron chi connectivity index (χ0n) is 11.0. The molecule has 2 heterocycles. The minimum atomic E-state index is -0.0452. The van der Waals surface area contributed by atoms with E-state index in [-0.39, 0.29) is 36.9 Å². The summed E-state index contributed by atoms with van der Waals surface area (Å²) < 4.78 is 4.83. The second-order valence-corrected chi connectivity index (χ2v) is 5.44. The van der Waals surface area contributed by atoms with E-state index < -0.39 is 0 Å². The normalized spacial score (nSPS) is 23.1. The van der Waals surface area contributed by atoms with E-state index in [1.165, 1.54) is 7.11 Å². The van der Waals surface area contributed by atoms with Gasteiger partial charge in [0, 0.05) is 44.9 Å². The van der Waals surface area contributed by atoms with Crippen LogP contribution in [0.4, 0.5) is 0 Å². The first-order valence-electron chi connectivity index (χ1n) is 6.09. The number of piperazine rings is 1. The standard InChI is InChI=1S/C11H19N3O3S.ClH/c1-17-6-10(15)13-2-4-14(5-3-13)11(16)9-7-18-8-12-9;/h9,12H,2-8H2,1H3;1H. The van der Waals surface area contributed by atoms with Crippen molar-refractivity contribution in [3.63, 3.8) is 0 Å². The molecular formula is C11H20ClN3O3S. The van der Waals surface area contributed by atoms with Crippen LogP contribution < -0.4 is 5.32 Å². The quantitative estimate of drug-likeness (QED) is 0.753. The van der Waals surface area contributed by atoms with Gasteiger partial charge in [-0.25, -0.2) is 0 Å². The molecule has 1 N–H and O–H groups in total. The number of hydrogen-bond donors (Lipinski definition) is 1. The monoisotopic (exact) mass is 309 g/mol. The van der Waals surface area contributed by atoms with Gasteiger partial charge in [0.2, 0.25) is 11.8 Å². The number of halogens is 1. The summed E-state index contributed by atoms with van der Waals surface area (Å²) in [5.74, 6) is 1.86. The third-order valence-corrected chi connectivity index (χ3v) is 4.17. The second kappa shape index (κ2) is 7.94. The Hall–Kier alpha value is -0.500. The summed E-state index contributed by atoms with van der Waals surface area (Å²) in [5.41, 5.74) is 0. The summed E-state index contributed by atoms with van der Waals surface area (Å²) >= 11 is 1.75. The maximum Gasteiger partial charge on any atom is 0.248 e. The molecule has 0 aromatic heterocycles. The van der Waals surface area contributed by atoms with E-state index in [0.29, 0.717) is 26.2 Å². The average Bonchev–Trinajstić information content (AvgIpc) is 2.92. The SMILES string of the molecule is COCC(=O)N1CCN(C(=O)C2CSCN2)CC1.Cl. The Balaban J connectivity index is 0.00000180. The Bertz CT molecular complexity index is 318. The van der Waals surface area contributed by atoms with E-state index >= 15 is 0 Å². The van der Waals surface area contributed by atoms with Crippen LogP contribution in [0.2, 0.25) is 0 Å². The molecule has 2 rings (SSSR count). The number of rotatable bonds is 3. The topological polar surface area (TPSA) is 61.9 Å². The van der Waals surface area contributed by atoms with Gasteiger partial charge in [-0.2, -0.15) is 0 Å². The van der Waals surface area contributed by atoms with E-state index in [9.17, 15) is 9.59 Å². The molecule has 2 aliphatic heterocycles. The predicted octanol–water partition coefficient (Wildman–Crippen LogP) is -0.612. The minimum absolute atomic E-state index is 0. The fraction of sp³-hybridized carbons (Fsp3) is 0.818. The lowest BCUT2D eigenvalue weighted by atomic mass is 10.2. The first kappa shape index (κ1) is 16.6. The molecule has 0 aliphatic carbocycles. The maximum absolute atomic E-state index is 12.1. The van der Waals surface area contributed by atoms with Crippen molar-refractivity contribution in [2.24, 2.45) is 0 Å². The third-order valence-electron chi connectivity index (χ3n) is 3.23. The lowest BCUT2D eigenvalue weighted by Gasteiger charge is -2.35. The maximum atomic E-state index is 12.1. The highest BCUT2D eigenvalue weighted by atomic mass is 35.5. The number of carbonyl (C=O) groups is 2. The molecule has 6 nitrogen and oxygen atoms in total. The van der Waals surface area contributed by atoms with Gasteiger partial charge in [-0.15, -0.1) is 24.2 Å². The van der Waals surface area contributed by atoms with E-state index in [4.69, 9.17) is 4.74 Å². The largest absolute Gasteiger partial charge is 0.375 e. The third kappa shape index (κ3) is 4.24. The Kier molecular flexibility index (Phi) is 6.92. The number of thioether (sulfide) groups is 1. The Morgan fingerprint density at radius 3 is 2.42 bits per heavy atom. The van der Waals surface area contributed by atoms with Crippen molar-refractivity contribution < 1.29 is 14.3 Å². The highest BCUT2D eigenvalue weighted by Crippen LogP contribution is 2.13. The van der Waals surface area contributed by atoms with Crippen molar-refractivity contribution >= 4 is 36.0 Å². The molecule has 1 unspecified atom stereocenters. The number of nitrogens with one attached hydrogen (secondary N) is 1. The summed E-state index contributed by atoms with van der Waals surface area (Å²) in [6.07, 6.45) is 0.